The van der Waals surface area contributed by atoms with E-state index >= 15 is 0 Å². The Morgan fingerprint density at radius 3 is 2.20 bits per heavy atom. The maximum atomic E-state index is 12.0. The molecule has 0 aliphatic heterocycles. The van der Waals surface area contributed by atoms with Gasteiger partial charge in [-0.25, -0.2) is 0 Å². The third-order valence-electron chi connectivity index (χ3n) is 2.74. The molecule has 0 saturated heterocycles. The molecule has 0 rings (SSSR count). The molecule has 4 nitrogen and oxygen atoms in total. The molecule has 0 aliphatic carbocycles. The number of rotatable bonds is 5. The Kier molecular flexibility index (Phi) is 5.41. The van der Waals surface area contributed by atoms with Gasteiger partial charge in [0.05, 0.1) is 18.6 Å². The van der Waals surface area contributed by atoms with E-state index in [2.05, 4.69) is 6.07 Å². The second-order valence-corrected chi connectivity index (χ2v) is 3.54. The first-order chi connectivity index (χ1) is 7.07. The van der Waals surface area contributed by atoms with Crippen LogP contribution in [0.4, 0.5) is 0 Å². The molecule has 1 amide bonds. The van der Waals surface area contributed by atoms with Gasteiger partial charge in [-0.05, 0) is 12.8 Å². The molecular formula is C11H17N3O. The first kappa shape index (κ1) is 13.4. The number of nitrogens with zero attached hydrogens (tertiary/aromatic N) is 3. The standard InChI is InChI=1S/C11H17N3O/c1-4-11(5-2,9-13)10(15)14(3)8-6-7-12/h4-6,8H2,1-3H3. The van der Waals surface area contributed by atoms with Gasteiger partial charge < -0.3 is 4.90 Å². The Bertz CT molecular complexity index is 294. The van der Waals surface area contributed by atoms with Crippen LogP contribution in [0, 0.1) is 28.1 Å². The Morgan fingerprint density at radius 1 is 1.33 bits per heavy atom. The molecule has 0 unspecified atom stereocenters. The largest absolute Gasteiger partial charge is 0.343 e. The Labute approximate surface area is 91.1 Å². The summed E-state index contributed by atoms with van der Waals surface area (Å²) in [5, 5.41) is 17.5. The summed E-state index contributed by atoms with van der Waals surface area (Å²) in [6.45, 7) is 4.06. The summed E-state index contributed by atoms with van der Waals surface area (Å²) in [5.41, 5.74) is -0.912. The molecule has 0 aromatic carbocycles. The maximum Gasteiger partial charge on any atom is 0.242 e. The van der Waals surface area contributed by atoms with E-state index in [9.17, 15) is 4.79 Å². The van der Waals surface area contributed by atoms with Gasteiger partial charge >= 0.3 is 0 Å². The predicted octanol–water partition coefficient (Wildman–Crippen LogP) is 1.69. The average molecular weight is 207 g/mol. The van der Waals surface area contributed by atoms with Crippen LogP contribution in [-0.2, 0) is 4.79 Å². The maximum absolute atomic E-state index is 12.0. The van der Waals surface area contributed by atoms with Crippen molar-refractivity contribution in [3.63, 3.8) is 0 Å². The minimum absolute atomic E-state index is 0.176. The normalized spacial score (nSPS) is 10.2. The van der Waals surface area contributed by atoms with Crippen molar-refractivity contribution in [1.82, 2.24) is 4.90 Å². The molecule has 0 N–H and O–H groups in total. The van der Waals surface area contributed by atoms with Crippen LogP contribution in [0.25, 0.3) is 0 Å². The predicted molar refractivity (Wildman–Crippen MR) is 56.5 cm³/mol. The minimum Gasteiger partial charge on any atom is -0.343 e. The van der Waals surface area contributed by atoms with Gasteiger partial charge in [-0.15, -0.1) is 0 Å². The number of carbonyl (C=O) groups is 1. The van der Waals surface area contributed by atoms with Crippen molar-refractivity contribution < 1.29 is 4.79 Å². The van der Waals surface area contributed by atoms with Crippen LogP contribution in [0.5, 0.6) is 0 Å². The first-order valence-electron chi connectivity index (χ1n) is 5.11. The second kappa shape index (κ2) is 6.03. The monoisotopic (exact) mass is 207 g/mol. The lowest BCUT2D eigenvalue weighted by Crippen LogP contribution is -2.41. The number of hydrogen-bond donors (Lipinski definition) is 0. The van der Waals surface area contributed by atoms with Gasteiger partial charge in [0.2, 0.25) is 5.91 Å². The van der Waals surface area contributed by atoms with Gasteiger partial charge in [0.25, 0.3) is 0 Å². The lowest BCUT2D eigenvalue weighted by atomic mass is 9.82. The fraction of sp³-hybridized carbons (Fsp3) is 0.727. The average Bonchev–Trinajstić information content (AvgIpc) is 2.28. The lowest BCUT2D eigenvalue weighted by molar-refractivity contribution is -0.138. The zero-order valence-electron chi connectivity index (χ0n) is 9.58. The molecule has 0 saturated carbocycles. The summed E-state index contributed by atoms with van der Waals surface area (Å²) in [4.78, 5) is 13.4. The van der Waals surface area contributed by atoms with E-state index in [1.54, 1.807) is 7.05 Å². The van der Waals surface area contributed by atoms with E-state index in [0.717, 1.165) is 0 Å². The molecule has 0 heterocycles. The van der Waals surface area contributed by atoms with Crippen molar-refractivity contribution in [3.8, 4) is 12.1 Å². The number of carbonyl (C=O) groups excluding carboxylic acids is 1. The zero-order chi connectivity index (χ0) is 11.9. The molecule has 4 heteroatoms. The third kappa shape index (κ3) is 2.95. The summed E-state index contributed by atoms with van der Waals surface area (Å²) >= 11 is 0. The molecule has 0 aliphatic rings. The minimum atomic E-state index is -0.912. The van der Waals surface area contributed by atoms with E-state index in [1.807, 2.05) is 19.9 Å². The molecule has 82 valence electrons. The van der Waals surface area contributed by atoms with E-state index < -0.39 is 5.41 Å². The fourth-order valence-corrected chi connectivity index (χ4v) is 1.44. The van der Waals surface area contributed by atoms with Crippen LogP contribution in [0.15, 0.2) is 0 Å². The van der Waals surface area contributed by atoms with Crippen molar-refractivity contribution in [2.45, 2.75) is 33.1 Å². The lowest BCUT2D eigenvalue weighted by Gasteiger charge is -2.27. The van der Waals surface area contributed by atoms with E-state index in [0.29, 0.717) is 25.8 Å². The summed E-state index contributed by atoms with van der Waals surface area (Å²) in [5.74, 6) is -0.176. The molecule has 0 radical (unpaired) electrons. The molecule has 0 fully saturated rings. The van der Waals surface area contributed by atoms with E-state index in [4.69, 9.17) is 10.5 Å². The summed E-state index contributed by atoms with van der Waals surface area (Å²) in [6.07, 6.45) is 1.32. The smallest absolute Gasteiger partial charge is 0.242 e. The molecular weight excluding hydrogens is 190 g/mol. The second-order valence-electron chi connectivity index (χ2n) is 3.54. The quantitative estimate of drug-likeness (QED) is 0.688. The Balaban J connectivity index is 4.67. The third-order valence-corrected chi connectivity index (χ3v) is 2.74. The SMILES string of the molecule is CCC(C#N)(CC)C(=O)N(C)CCC#N. The van der Waals surface area contributed by atoms with Crippen LogP contribution >= 0.6 is 0 Å². The van der Waals surface area contributed by atoms with Gasteiger partial charge in [0.1, 0.15) is 5.41 Å². The number of hydrogen-bond acceptors (Lipinski definition) is 3. The molecule has 0 spiro atoms. The molecule has 0 atom stereocenters. The summed E-state index contributed by atoms with van der Waals surface area (Å²) in [7, 11) is 1.64. The number of nitriles is 2. The zero-order valence-corrected chi connectivity index (χ0v) is 9.58. The number of amides is 1. The topological polar surface area (TPSA) is 67.9 Å². The molecule has 15 heavy (non-hydrogen) atoms. The van der Waals surface area contributed by atoms with Crippen LogP contribution in [0.3, 0.4) is 0 Å². The van der Waals surface area contributed by atoms with Crippen LogP contribution in [0.2, 0.25) is 0 Å². The van der Waals surface area contributed by atoms with Gasteiger partial charge in [0.15, 0.2) is 0 Å². The molecule has 0 aromatic rings. The highest BCUT2D eigenvalue weighted by Crippen LogP contribution is 2.27. The van der Waals surface area contributed by atoms with Crippen LogP contribution in [0.1, 0.15) is 33.1 Å². The highest BCUT2D eigenvalue weighted by Gasteiger charge is 2.36. The fourth-order valence-electron chi connectivity index (χ4n) is 1.44. The Morgan fingerprint density at radius 2 is 1.87 bits per heavy atom. The van der Waals surface area contributed by atoms with Crippen molar-refractivity contribution in [1.29, 1.82) is 10.5 Å². The van der Waals surface area contributed by atoms with Gasteiger partial charge in [-0.1, -0.05) is 13.8 Å². The van der Waals surface area contributed by atoms with Crippen molar-refractivity contribution in [2.75, 3.05) is 13.6 Å². The summed E-state index contributed by atoms with van der Waals surface area (Å²) < 4.78 is 0. The van der Waals surface area contributed by atoms with Gasteiger partial charge in [-0.2, -0.15) is 10.5 Å². The highest BCUT2D eigenvalue weighted by molar-refractivity contribution is 5.85. The van der Waals surface area contributed by atoms with Crippen molar-refractivity contribution in [3.05, 3.63) is 0 Å². The van der Waals surface area contributed by atoms with Crippen molar-refractivity contribution >= 4 is 5.91 Å². The van der Waals surface area contributed by atoms with Crippen LogP contribution < -0.4 is 0 Å². The molecule has 0 bridgehead atoms. The highest BCUT2D eigenvalue weighted by atomic mass is 16.2. The van der Waals surface area contributed by atoms with E-state index in [1.165, 1.54) is 4.90 Å². The van der Waals surface area contributed by atoms with E-state index in [-0.39, 0.29) is 5.91 Å². The summed E-state index contributed by atoms with van der Waals surface area (Å²) in [6, 6.07) is 4.08. The van der Waals surface area contributed by atoms with Gasteiger partial charge in [-0.3, -0.25) is 4.79 Å². The van der Waals surface area contributed by atoms with Crippen molar-refractivity contribution in [2.24, 2.45) is 5.41 Å². The molecule has 0 aromatic heterocycles. The Hall–Kier alpha value is -1.55. The first-order valence-corrected chi connectivity index (χ1v) is 5.11. The van der Waals surface area contributed by atoms with Gasteiger partial charge in [0, 0.05) is 13.6 Å². The van der Waals surface area contributed by atoms with Crippen LogP contribution in [-0.4, -0.2) is 24.4 Å².